The maximum atomic E-state index is 12.1. The Morgan fingerprint density at radius 2 is 1.44 bits per heavy atom. The minimum Gasteiger partial charge on any atom is -0.493 e. The first kappa shape index (κ1) is 14.2. The van der Waals surface area contributed by atoms with Crippen LogP contribution >= 0.6 is 0 Å². The quantitative estimate of drug-likeness (QED) is 0.833. The molecule has 0 radical (unpaired) electrons. The molecule has 1 aromatic rings. The number of allylic oxidation sites excluding steroid dienone is 1. The van der Waals surface area contributed by atoms with Gasteiger partial charge in [0, 0.05) is 6.08 Å². The normalized spacial score (nSPS) is 11.7. The minimum absolute atomic E-state index is 0.147. The summed E-state index contributed by atoms with van der Waals surface area (Å²) in [6, 6.07) is 2.87. The molecule has 0 N–H and O–H groups in total. The smallest absolute Gasteiger partial charge is 0.409 e. The fraction of sp³-hybridized carbons (Fsp3) is 0.333. The van der Waals surface area contributed by atoms with Crippen LogP contribution in [0.4, 0.5) is 13.2 Å². The van der Waals surface area contributed by atoms with Gasteiger partial charge in [-0.3, -0.25) is 0 Å². The third kappa shape index (κ3) is 3.58. The minimum atomic E-state index is -4.36. The summed E-state index contributed by atoms with van der Waals surface area (Å²) >= 11 is 0. The molecule has 1 aromatic carbocycles. The molecule has 0 amide bonds. The van der Waals surface area contributed by atoms with Crippen LogP contribution < -0.4 is 14.2 Å². The van der Waals surface area contributed by atoms with Gasteiger partial charge in [-0.2, -0.15) is 13.2 Å². The molecule has 0 aromatic heterocycles. The summed E-state index contributed by atoms with van der Waals surface area (Å²) in [5, 5.41) is 0. The molecule has 1 rings (SSSR count). The molecule has 0 fully saturated rings. The van der Waals surface area contributed by atoms with Crippen molar-refractivity contribution in [1.29, 1.82) is 0 Å². The number of hydrogen-bond donors (Lipinski definition) is 0. The average Bonchev–Trinajstić information content (AvgIpc) is 2.33. The monoisotopic (exact) mass is 262 g/mol. The number of rotatable bonds is 4. The van der Waals surface area contributed by atoms with Crippen LogP contribution in [0.1, 0.15) is 5.56 Å². The third-order valence-electron chi connectivity index (χ3n) is 2.15. The van der Waals surface area contributed by atoms with E-state index in [2.05, 4.69) is 0 Å². The Bertz CT molecular complexity index is 414. The molecule has 0 heterocycles. The Morgan fingerprint density at radius 1 is 0.944 bits per heavy atom. The molecular weight excluding hydrogens is 249 g/mol. The highest BCUT2D eigenvalue weighted by Crippen LogP contribution is 2.38. The summed E-state index contributed by atoms with van der Waals surface area (Å²) in [7, 11) is 4.22. The summed E-state index contributed by atoms with van der Waals surface area (Å²) < 4.78 is 51.4. The second kappa shape index (κ2) is 5.66. The molecule has 0 unspecified atom stereocenters. The number of benzene rings is 1. The summed E-state index contributed by atoms with van der Waals surface area (Å²) in [5.41, 5.74) is 0.307. The highest BCUT2D eigenvalue weighted by atomic mass is 19.4. The SMILES string of the molecule is COc1cc(/C=C/C(F)(F)F)cc(OC)c1OC. The van der Waals surface area contributed by atoms with E-state index < -0.39 is 6.18 Å². The largest absolute Gasteiger partial charge is 0.493 e. The predicted octanol–water partition coefficient (Wildman–Crippen LogP) is 3.29. The average molecular weight is 262 g/mol. The molecule has 0 aliphatic heterocycles. The number of ether oxygens (including phenoxy) is 3. The van der Waals surface area contributed by atoms with Gasteiger partial charge >= 0.3 is 6.18 Å². The molecule has 100 valence electrons. The van der Waals surface area contributed by atoms with Gasteiger partial charge in [-0.05, 0) is 23.8 Å². The Balaban J connectivity index is 3.19. The molecular formula is C12H13F3O3. The van der Waals surface area contributed by atoms with E-state index in [0.717, 1.165) is 6.08 Å². The first-order valence-corrected chi connectivity index (χ1v) is 4.97. The maximum absolute atomic E-state index is 12.1. The van der Waals surface area contributed by atoms with E-state index in [-0.39, 0.29) is 6.08 Å². The molecule has 3 nitrogen and oxygen atoms in total. The zero-order chi connectivity index (χ0) is 13.8. The summed E-state index contributed by atoms with van der Waals surface area (Å²) in [4.78, 5) is 0. The fourth-order valence-electron chi connectivity index (χ4n) is 1.39. The molecule has 18 heavy (non-hydrogen) atoms. The van der Waals surface area contributed by atoms with Crippen LogP contribution in [-0.2, 0) is 0 Å². The van der Waals surface area contributed by atoms with Gasteiger partial charge in [0.1, 0.15) is 0 Å². The number of alkyl halides is 3. The summed E-state index contributed by atoms with van der Waals surface area (Å²) in [5.74, 6) is 0.946. The van der Waals surface area contributed by atoms with Crippen LogP contribution in [0.2, 0.25) is 0 Å². The second-order valence-electron chi connectivity index (χ2n) is 3.33. The standard InChI is InChI=1S/C12H13F3O3/c1-16-9-6-8(4-5-12(13,14)15)7-10(17-2)11(9)18-3/h4-7H,1-3H3/b5-4+. The van der Waals surface area contributed by atoms with Crippen molar-refractivity contribution < 1.29 is 27.4 Å². The van der Waals surface area contributed by atoms with Crippen molar-refractivity contribution in [3.63, 3.8) is 0 Å². The van der Waals surface area contributed by atoms with Crippen molar-refractivity contribution in [2.24, 2.45) is 0 Å². The van der Waals surface area contributed by atoms with Crippen molar-refractivity contribution in [2.75, 3.05) is 21.3 Å². The fourth-order valence-corrected chi connectivity index (χ4v) is 1.39. The van der Waals surface area contributed by atoms with E-state index in [1.165, 1.54) is 33.5 Å². The van der Waals surface area contributed by atoms with Gasteiger partial charge in [0.25, 0.3) is 0 Å². The van der Waals surface area contributed by atoms with Crippen molar-refractivity contribution in [3.05, 3.63) is 23.8 Å². The van der Waals surface area contributed by atoms with Gasteiger partial charge in [-0.15, -0.1) is 0 Å². The summed E-state index contributed by atoms with van der Waals surface area (Å²) in [6.45, 7) is 0. The van der Waals surface area contributed by atoms with Crippen LogP contribution in [0.15, 0.2) is 18.2 Å². The lowest BCUT2D eigenvalue weighted by Crippen LogP contribution is -2.00. The summed E-state index contributed by atoms with van der Waals surface area (Å²) in [6.07, 6.45) is -3.28. The molecule has 0 aliphatic rings. The van der Waals surface area contributed by atoms with E-state index in [0.29, 0.717) is 22.8 Å². The zero-order valence-electron chi connectivity index (χ0n) is 10.2. The Labute approximate surface area is 103 Å². The van der Waals surface area contributed by atoms with Gasteiger partial charge in [0.05, 0.1) is 21.3 Å². The topological polar surface area (TPSA) is 27.7 Å². The molecule has 0 spiro atoms. The lowest BCUT2D eigenvalue weighted by Gasteiger charge is -2.12. The zero-order valence-corrected chi connectivity index (χ0v) is 10.2. The van der Waals surface area contributed by atoms with Crippen LogP contribution in [0.3, 0.4) is 0 Å². The highest BCUT2D eigenvalue weighted by Gasteiger charge is 2.22. The van der Waals surface area contributed by atoms with Crippen molar-refractivity contribution in [2.45, 2.75) is 6.18 Å². The lowest BCUT2D eigenvalue weighted by molar-refractivity contribution is -0.0790. The van der Waals surface area contributed by atoms with E-state index in [1.54, 1.807) is 0 Å². The van der Waals surface area contributed by atoms with E-state index in [1.807, 2.05) is 0 Å². The Kier molecular flexibility index (Phi) is 4.47. The maximum Gasteiger partial charge on any atom is 0.409 e. The molecule has 0 atom stereocenters. The predicted molar refractivity (Wildman–Crippen MR) is 61.2 cm³/mol. The number of halogens is 3. The Hall–Kier alpha value is -1.85. The van der Waals surface area contributed by atoms with Gasteiger partial charge in [0.15, 0.2) is 11.5 Å². The van der Waals surface area contributed by atoms with Crippen LogP contribution in [0, 0.1) is 0 Å². The van der Waals surface area contributed by atoms with Crippen molar-refractivity contribution in [1.82, 2.24) is 0 Å². The van der Waals surface area contributed by atoms with Crippen LogP contribution in [-0.4, -0.2) is 27.5 Å². The van der Waals surface area contributed by atoms with E-state index in [9.17, 15) is 13.2 Å². The molecule has 6 heteroatoms. The Morgan fingerprint density at radius 3 is 1.78 bits per heavy atom. The molecule has 0 aliphatic carbocycles. The van der Waals surface area contributed by atoms with Gasteiger partial charge < -0.3 is 14.2 Å². The van der Waals surface area contributed by atoms with Crippen LogP contribution in [0.5, 0.6) is 17.2 Å². The van der Waals surface area contributed by atoms with Gasteiger partial charge in [-0.25, -0.2) is 0 Å². The molecule has 0 saturated heterocycles. The van der Waals surface area contributed by atoms with Gasteiger partial charge in [0.2, 0.25) is 5.75 Å². The van der Waals surface area contributed by atoms with Gasteiger partial charge in [-0.1, -0.05) is 0 Å². The highest BCUT2D eigenvalue weighted by molar-refractivity contribution is 5.62. The van der Waals surface area contributed by atoms with Crippen LogP contribution in [0.25, 0.3) is 6.08 Å². The molecule has 0 bridgehead atoms. The van der Waals surface area contributed by atoms with Crippen molar-refractivity contribution >= 4 is 6.08 Å². The lowest BCUT2D eigenvalue weighted by atomic mass is 10.1. The molecule has 0 saturated carbocycles. The first-order chi connectivity index (χ1) is 8.41. The first-order valence-electron chi connectivity index (χ1n) is 4.97. The second-order valence-corrected chi connectivity index (χ2v) is 3.33. The van der Waals surface area contributed by atoms with E-state index >= 15 is 0 Å². The third-order valence-corrected chi connectivity index (χ3v) is 2.15. The van der Waals surface area contributed by atoms with Crippen molar-refractivity contribution in [3.8, 4) is 17.2 Å². The number of hydrogen-bond acceptors (Lipinski definition) is 3. The van der Waals surface area contributed by atoms with E-state index in [4.69, 9.17) is 14.2 Å². The number of methoxy groups -OCH3 is 3.